The number of carbonyl (C=O) groups is 2. The molecule has 2 amide bonds. The van der Waals surface area contributed by atoms with Gasteiger partial charge in [0, 0.05) is 29.5 Å². The highest BCUT2D eigenvalue weighted by molar-refractivity contribution is 5.95. The van der Waals surface area contributed by atoms with E-state index in [1.807, 2.05) is 26.0 Å². The summed E-state index contributed by atoms with van der Waals surface area (Å²) in [5.74, 6) is -2.61. The van der Waals surface area contributed by atoms with Gasteiger partial charge < -0.3 is 15.2 Å². The number of amides is 2. The molecule has 0 spiro atoms. The smallest absolute Gasteiger partial charge is 0.275 e. The highest BCUT2D eigenvalue weighted by Gasteiger charge is 2.30. The summed E-state index contributed by atoms with van der Waals surface area (Å²) in [6.45, 7) is 5.54. The van der Waals surface area contributed by atoms with Crippen molar-refractivity contribution >= 4 is 17.5 Å². The highest BCUT2D eigenvalue weighted by atomic mass is 19.1. The van der Waals surface area contributed by atoms with E-state index in [9.17, 15) is 23.2 Å². The molecule has 9 heteroatoms. The topological polar surface area (TPSA) is 93.1 Å². The van der Waals surface area contributed by atoms with Crippen LogP contribution in [0.5, 0.6) is 0 Å². The lowest BCUT2D eigenvalue weighted by Crippen LogP contribution is -2.39. The fourth-order valence-corrected chi connectivity index (χ4v) is 4.33. The molecule has 0 aliphatic carbocycles. The summed E-state index contributed by atoms with van der Waals surface area (Å²) in [5.41, 5.74) is 3.49. The number of nitrogens with one attached hydrogen (secondary N) is 2. The number of benzene rings is 1. The van der Waals surface area contributed by atoms with Crippen LogP contribution in [0.15, 0.2) is 41.2 Å². The van der Waals surface area contributed by atoms with Crippen molar-refractivity contribution in [3.05, 3.63) is 92.2 Å². The Labute approximate surface area is 201 Å². The van der Waals surface area contributed by atoms with E-state index in [-0.39, 0.29) is 43.1 Å². The van der Waals surface area contributed by atoms with E-state index in [0.717, 1.165) is 35.2 Å². The van der Waals surface area contributed by atoms with Gasteiger partial charge in [0.25, 0.3) is 5.56 Å². The van der Waals surface area contributed by atoms with Crippen LogP contribution in [-0.2, 0) is 35.5 Å². The van der Waals surface area contributed by atoms with E-state index in [4.69, 9.17) is 0 Å². The second-order valence-corrected chi connectivity index (χ2v) is 8.88. The molecule has 0 saturated carbocycles. The number of fused-ring (bicyclic) bond motifs is 1. The number of carbonyl (C=O) groups excluding carboxylic acids is 2. The molecule has 0 saturated heterocycles. The average Bonchev–Trinajstić information content (AvgIpc) is 2.80. The van der Waals surface area contributed by atoms with E-state index in [0.29, 0.717) is 11.3 Å². The maximum Gasteiger partial charge on any atom is 0.275 e. The summed E-state index contributed by atoms with van der Waals surface area (Å²) in [4.78, 5) is 42.7. The van der Waals surface area contributed by atoms with Gasteiger partial charge in [0.1, 0.15) is 23.9 Å². The normalized spacial score (nSPS) is 14.9. The van der Waals surface area contributed by atoms with Crippen LogP contribution in [0.2, 0.25) is 0 Å². The minimum atomic E-state index is -0.650. The van der Waals surface area contributed by atoms with Gasteiger partial charge in [-0.1, -0.05) is 6.07 Å². The second-order valence-electron chi connectivity index (χ2n) is 8.88. The molecule has 1 unspecified atom stereocenters. The number of hydrogen-bond acceptors (Lipinski definition) is 4. The van der Waals surface area contributed by atoms with Gasteiger partial charge in [-0.2, -0.15) is 0 Å². The van der Waals surface area contributed by atoms with Crippen LogP contribution >= 0.6 is 0 Å². The first-order valence-corrected chi connectivity index (χ1v) is 11.3. The van der Waals surface area contributed by atoms with E-state index in [2.05, 4.69) is 15.6 Å². The summed E-state index contributed by atoms with van der Waals surface area (Å²) in [5, 5.41) is 5.42. The summed E-state index contributed by atoms with van der Waals surface area (Å²) in [6.07, 6.45) is 0.215. The molecule has 3 aromatic rings. The van der Waals surface area contributed by atoms with Gasteiger partial charge in [-0.25, -0.2) is 8.78 Å². The quantitative estimate of drug-likeness (QED) is 0.567. The van der Waals surface area contributed by atoms with Crippen molar-refractivity contribution in [3.8, 4) is 0 Å². The fraction of sp³-hybridized carbons (Fsp3) is 0.308. The van der Waals surface area contributed by atoms with Crippen LogP contribution in [-0.4, -0.2) is 21.4 Å². The number of hydrogen-bond donors (Lipinski definition) is 2. The molecule has 1 aliphatic heterocycles. The molecule has 3 heterocycles. The van der Waals surface area contributed by atoms with Crippen molar-refractivity contribution in [1.82, 2.24) is 14.9 Å². The Morgan fingerprint density at radius 1 is 1.11 bits per heavy atom. The third-order valence-corrected chi connectivity index (χ3v) is 6.26. The van der Waals surface area contributed by atoms with Crippen molar-refractivity contribution < 1.29 is 18.4 Å². The molecular formula is C26H26F2N4O3. The first-order chi connectivity index (χ1) is 16.6. The van der Waals surface area contributed by atoms with Crippen LogP contribution in [0.1, 0.15) is 33.8 Å². The number of nitrogens with zero attached hydrogens (tertiary/aromatic N) is 2. The SMILES string of the molecule is Cc1ccc(CNC(=O)Cn2c(C)cc3c(c2=O)NC(=O)C(Cc2cc(F)ccc2F)C3)c(C)n1. The Balaban J connectivity index is 1.49. The fourth-order valence-electron chi connectivity index (χ4n) is 4.33. The van der Waals surface area contributed by atoms with E-state index in [1.54, 1.807) is 13.0 Å². The first-order valence-electron chi connectivity index (χ1n) is 11.3. The lowest BCUT2D eigenvalue weighted by atomic mass is 9.88. The van der Waals surface area contributed by atoms with Crippen LogP contribution in [0.25, 0.3) is 0 Å². The molecule has 35 heavy (non-hydrogen) atoms. The maximum atomic E-state index is 14.1. The predicted molar refractivity (Wildman–Crippen MR) is 127 cm³/mol. The Hall–Kier alpha value is -3.88. The van der Waals surface area contributed by atoms with Gasteiger partial charge in [0.15, 0.2) is 0 Å². The zero-order valence-corrected chi connectivity index (χ0v) is 19.7. The van der Waals surface area contributed by atoms with Crippen molar-refractivity contribution in [2.75, 3.05) is 5.32 Å². The lowest BCUT2D eigenvalue weighted by molar-refractivity contribution is -0.122. The number of rotatable bonds is 6. The predicted octanol–water partition coefficient (Wildman–Crippen LogP) is 3.12. The van der Waals surface area contributed by atoms with Crippen molar-refractivity contribution in [2.24, 2.45) is 5.92 Å². The van der Waals surface area contributed by atoms with Gasteiger partial charge in [-0.05, 0) is 80.6 Å². The summed E-state index contributed by atoms with van der Waals surface area (Å²) >= 11 is 0. The van der Waals surface area contributed by atoms with E-state index >= 15 is 0 Å². The molecule has 7 nitrogen and oxygen atoms in total. The maximum absolute atomic E-state index is 14.1. The summed E-state index contributed by atoms with van der Waals surface area (Å²) in [7, 11) is 0. The third-order valence-electron chi connectivity index (χ3n) is 6.26. The standard InChI is InChI=1S/C26H26F2N4O3/c1-14-4-5-17(16(3)30-14)12-29-23(33)13-32-15(2)8-19-10-20(25(34)31-24(19)26(32)35)9-18-11-21(27)6-7-22(18)28/h4-8,11,20H,9-10,12-13H2,1-3H3,(H,29,33)(H,31,34). The van der Waals surface area contributed by atoms with E-state index in [1.165, 1.54) is 4.57 Å². The van der Waals surface area contributed by atoms with Crippen LogP contribution in [0, 0.1) is 38.3 Å². The van der Waals surface area contributed by atoms with Crippen molar-refractivity contribution in [2.45, 2.75) is 46.7 Å². The molecule has 4 rings (SSSR count). The van der Waals surface area contributed by atoms with Gasteiger partial charge in [0.2, 0.25) is 11.8 Å². The van der Waals surface area contributed by atoms with Crippen LogP contribution < -0.4 is 16.2 Å². The van der Waals surface area contributed by atoms with Gasteiger partial charge in [0.05, 0.1) is 0 Å². The number of halogens is 2. The third kappa shape index (κ3) is 5.29. The first kappa shape index (κ1) is 24.3. The number of aryl methyl sites for hydroxylation is 3. The largest absolute Gasteiger partial charge is 0.350 e. The number of aromatic nitrogens is 2. The monoisotopic (exact) mass is 480 g/mol. The average molecular weight is 481 g/mol. The lowest BCUT2D eigenvalue weighted by Gasteiger charge is -2.26. The number of anilines is 1. The Bertz CT molecular complexity index is 1380. The van der Waals surface area contributed by atoms with Crippen LogP contribution in [0.4, 0.5) is 14.5 Å². The molecular weight excluding hydrogens is 454 g/mol. The minimum absolute atomic E-state index is 0.00664. The van der Waals surface area contributed by atoms with Crippen LogP contribution in [0.3, 0.4) is 0 Å². The van der Waals surface area contributed by atoms with Crippen molar-refractivity contribution in [1.29, 1.82) is 0 Å². The zero-order valence-electron chi connectivity index (χ0n) is 19.7. The molecule has 2 N–H and O–H groups in total. The molecule has 0 fully saturated rings. The molecule has 182 valence electrons. The zero-order chi connectivity index (χ0) is 25.3. The molecule has 1 aliphatic rings. The van der Waals surface area contributed by atoms with Gasteiger partial charge >= 0.3 is 0 Å². The highest BCUT2D eigenvalue weighted by Crippen LogP contribution is 2.27. The molecule has 0 radical (unpaired) electrons. The van der Waals surface area contributed by atoms with Gasteiger partial charge in [-0.3, -0.25) is 19.4 Å². The van der Waals surface area contributed by atoms with Crippen molar-refractivity contribution in [3.63, 3.8) is 0 Å². The second kappa shape index (κ2) is 9.77. The molecule has 2 aromatic heterocycles. The summed E-state index contributed by atoms with van der Waals surface area (Å²) < 4.78 is 28.9. The molecule has 0 bridgehead atoms. The Kier molecular flexibility index (Phi) is 6.77. The Morgan fingerprint density at radius 3 is 2.63 bits per heavy atom. The summed E-state index contributed by atoms with van der Waals surface area (Å²) in [6, 6.07) is 8.64. The molecule has 1 atom stereocenters. The van der Waals surface area contributed by atoms with Gasteiger partial charge in [-0.15, -0.1) is 0 Å². The van der Waals surface area contributed by atoms with E-state index < -0.39 is 29.0 Å². The Morgan fingerprint density at radius 2 is 1.89 bits per heavy atom. The molecule has 1 aromatic carbocycles. The number of pyridine rings is 2. The minimum Gasteiger partial charge on any atom is -0.350 e.